The van der Waals surface area contributed by atoms with Crippen molar-refractivity contribution < 1.29 is 4.74 Å². The van der Waals surface area contributed by atoms with Gasteiger partial charge in [0.1, 0.15) is 0 Å². The maximum atomic E-state index is 5.11. The van der Waals surface area contributed by atoms with Crippen molar-refractivity contribution in [1.29, 1.82) is 0 Å². The van der Waals surface area contributed by atoms with Gasteiger partial charge < -0.3 is 15.0 Å². The minimum Gasteiger partial charge on any atom is -0.383 e. The summed E-state index contributed by atoms with van der Waals surface area (Å²) in [5, 5.41) is 8.12. The Kier molecular flexibility index (Phi) is 5.86. The highest BCUT2D eigenvalue weighted by Crippen LogP contribution is 2.22. The van der Waals surface area contributed by atoms with E-state index in [1.807, 2.05) is 10.9 Å². The Labute approximate surface area is 122 Å². The molecule has 1 aromatic heterocycles. The lowest BCUT2D eigenvalue weighted by atomic mass is 10.0. The second-order valence-corrected chi connectivity index (χ2v) is 5.56. The quantitative estimate of drug-likeness (QED) is 0.828. The third-order valence-corrected chi connectivity index (χ3v) is 4.08. The monoisotopic (exact) mass is 280 g/mol. The number of rotatable bonds is 7. The first kappa shape index (κ1) is 15.3. The molecule has 5 heteroatoms. The van der Waals surface area contributed by atoms with Gasteiger partial charge in [0.2, 0.25) is 0 Å². The van der Waals surface area contributed by atoms with E-state index in [1.54, 1.807) is 7.11 Å². The van der Waals surface area contributed by atoms with Crippen molar-refractivity contribution in [1.82, 2.24) is 15.1 Å². The Bertz CT molecular complexity index is 393. The summed E-state index contributed by atoms with van der Waals surface area (Å²) in [7, 11) is 1.73. The van der Waals surface area contributed by atoms with Crippen LogP contribution in [0.25, 0.3) is 0 Å². The van der Waals surface area contributed by atoms with Crippen LogP contribution in [0.3, 0.4) is 0 Å². The fraction of sp³-hybridized carbons (Fsp3) is 0.800. The van der Waals surface area contributed by atoms with Crippen molar-refractivity contribution in [3.05, 3.63) is 12.4 Å². The molecule has 0 bridgehead atoms. The molecule has 0 spiro atoms. The summed E-state index contributed by atoms with van der Waals surface area (Å²) < 4.78 is 7.08. The highest BCUT2D eigenvalue weighted by molar-refractivity contribution is 5.44. The van der Waals surface area contributed by atoms with E-state index in [0.717, 1.165) is 26.1 Å². The zero-order valence-electron chi connectivity index (χ0n) is 13.0. The summed E-state index contributed by atoms with van der Waals surface area (Å²) in [6, 6.07) is 1.17. The van der Waals surface area contributed by atoms with Gasteiger partial charge in [-0.05, 0) is 12.8 Å². The topological polar surface area (TPSA) is 42.3 Å². The minimum atomic E-state index is 0.572. The average Bonchev–Trinajstić information content (AvgIpc) is 2.94. The summed E-state index contributed by atoms with van der Waals surface area (Å²) in [4.78, 5) is 2.52. The molecule has 2 rings (SSSR count). The summed E-state index contributed by atoms with van der Waals surface area (Å²) in [5.41, 5.74) is 1.25. The number of nitrogens with zero attached hydrogens (tertiary/aromatic N) is 3. The van der Waals surface area contributed by atoms with Crippen LogP contribution in [0.2, 0.25) is 0 Å². The van der Waals surface area contributed by atoms with Crippen LogP contribution in [-0.2, 0) is 11.3 Å². The van der Waals surface area contributed by atoms with Gasteiger partial charge in [-0.1, -0.05) is 20.3 Å². The fourth-order valence-corrected chi connectivity index (χ4v) is 2.89. The molecule has 2 unspecified atom stereocenters. The van der Waals surface area contributed by atoms with Crippen LogP contribution in [0.1, 0.15) is 33.1 Å². The predicted octanol–water partition coefficient (Wildman–Crippen LogP) is 1.89. The van der Waals surface area contributed by atoms with Gasteiger partial charge in [0.05, 0.1) is 25.0 Å². The van der Waals surface area contributed by atoms with Crippen molar-refractivity contribution in [3.8, 4) is 0 Å². The Hall–Kier alpha value is -1.07. The lowest BCUT2D eigenvalue weighted by Gasteiger charge is -2.41. The predicted molar refractivity (Wildman–Crippen MR) is 82.2 cm³/mol. The molecule has 1 N–H and O–H groups in total. The van der Waals surface area contributed by atoms with Gasteiger partial charge in [-0.15, -0.1) is 0 Å². The van der Waals surface area contributed by atoms with Crippen molar-refractivity contribution in [2.45, 2.75) is 51.7 Å². The molecule has 114 valence electrons. The zero-order valence-corrected chi connectivity index (χ0v) is 13.0. The molecule has 2 atom stereocenters. The van der Waals surface area contributed by atoms with E-state index in [2.05, 4.69) is 35.4 Å². The molecule has 1 saturated heterocycles. The molecule has 0 amide bonds. The molecular weight excluding hydrogens is 252 g/mol. The maximum Gasteiger partial charge on any atom is 0.0756 e. The number of aromatic nitrogens is 2. The van der Waals surface area contributed by atoms with E-state index in [4.69, 9.17) is 4.74 Å². The number of methoxy groups -OCH3 is 1. The van der Waals surface area contributed by atoms with Crippen molar-refractivity contribution in [3.63, 3.8) is 0 Å². The zero-order chi connectivity index (χ0) is 14.4. The first-order chi connectivity index (χ1) is 9.78. The number of piperazine rings is 1. The Morgan fingerprint density at radius 2 is 2.30 bits per heavy atom. The molecule has 0 saturated carbocycles. The largest absolute Gasteiger partial charge is 0.383 e. The van der Waals surface area contributed by atoms with Crippen LogP contribution in [0.5, 0.6) is 0 Å². The van der Waals surface area contributed by atoms with Crippen LogP contribution < -0.4 is 10.2 Å². The van der Waals surface area contributed by atoms with Gasteiger partial charge in [-0.2, -0.15) is 5.10 Å². The van der Waals surface area contributed by atoms with Crippen LogP contribution >= 0.6 is 0 Å². The SMILES string of the molecule is CCCC1CN(c2cnn(CCOC)c2)C(CC)CN1. The van der Waals surface area contributed by atoms with Crippen molar-refractivity contribution in [2.75, 3.05) is 31.7 Å². The fourth-order valence-electron chi connectivity index (χ4n) is 2.89. The third-order valence-electron chi connectivity index (χ3n) is 4.08. The first-order valence-electron chi connectivity index (χ1n) is 7.79. The number of anilines is 1. The van der Waals surface area contributed by atoms with Gasteiger partial charge in [0.25, 0.3) is 0 Å². The summed E-state index contributed by atoms with van der Waals surface area (Å²) >= 11 is 0. The molecule has 0 radical (unpaired) electrons. The van der Waals surface area contributed by atoms with E-state index < -0.39 is 0 Å². The molecule has 1 aromatic rings. The normalized spacial score (nSPS) is 23.2. The number of hydrogen-bond donors (Lipinski definition) is 1. The van der Waals surface area contributed by atoms with Gasteiger partial charge >= 0.3 is 0 Å². The summed E-state index contributed by atoms with van der Waals surface area (Å²) in [6.07, 6.45) is 7.78. The van der Waals surface area contributed by atoms with Crippen molar-refractivity contribution in [2.24, 2.45) is 0 Å². The molecule has 1 fully saturated rings. The van der Waals surface area contributed by atoms with E-state index in [0.29, 0.717) is 18.7 Å². The molecular formula is C15H28N4O. The van der Waals surface area contributed by atoms with Gasteiger partial charge in [-0.3, -0.25) is 4.68 Å². The second-order valence-electron chi connectivity index (χ2n) is 5.56. The second kappa shape index (κ2) is 7.64. The van der Waals surface area contributed by atoms with Gasteiger partial charge in [-0.25, -0.2) is 0 Å². The molecule has 0 aromatic carbocycles. The highest BCUT2D eigenvalue weighted by Gasteiger charge is 2.27. The average molecular weight is 280 g/mol. The van der Waals surface area contributed by atoms with Crippen molar-refractivity contribution >= 4 is 5.69 Å². The Morgan fingerprint density at radius 1 is 1.45 bits per heavy atom. The molecule has 20 heavy (non-hydrogen) atoms. The first-order valence-corrected chi connectivity index (χ1v) is 7.79. The molecule has 2 heterocycles. The number of hydrogen-bond acceptors (Lipinski definition) is 4. The molecule has 1 aliphatic heterocycles. The summed E-state index contributed by atoms with van der Waals surface area (Å²) in [6.45, 7) is 8.19. The minimum absolute atomic E-state index is 0.572. The van der Waals surface area contributed by atoms with Gasteiger partial charge in [0.15, 0.2) is 0 Å². The van der Waals surface area contributed by atoms with E-state index in [-0.39, 0.29) is 0 Å². The van der Waals surface area contributed by atoms with Crippen LogP contribution in [0.15, 0.2) is 12.4 Å². The summed E-state index contributed by atoms with van der Waals surface area (Å²) in [5.74, 6) is 0. The maximum absolute atomic E-state index is 5.11. The van der Waals surface area contributed by atoms with Crippen LogP contribution in [0.4, 0.5) is 5.69 Å². The van der Waals surface area contributed by atoms with Gasteiger partial charge in [0, 0.05) is 38.5 Å². The Balaban J connectivity index is 2.04. The molecule has 0 aliphatic carbocycles. The standard InChI is InChI=1S/C15H28N4O/c1-4-6-13-11-19(14(5-2)9-16-13)15-10-17-18(12-15)7-8-20-3/h10,12-14,16H,4-9,11H2,1-3H3. The Morgan fingerprint density at radius 3 is 3.00 bits per heavy atom. The third kappa shape index (κ3) is 3.73. The number of nitrogens with one attached hydrogen (secondary N) is 1. The molecule has 5 nitrogen and oxygen atoms in total. The lowest BCUT2D eigenvalue weighted by molar-refractivity contribution is 0.183. The smallest absolute Gasteiger partial charge is 0.0756 e. The van der Waals surface area contributed by atoms with Crippen LogP contribution in [-0.4, -0.2) is 48.7 Å². The van der Waals surface area contributed by atoms with E-state index >= 15 is 0 Å². The van der Waals surface area contributed by atoms with E-state index in [1.165, 1.54) is 18.5 Å². The lowest BCUT2D eigenvalue weighted by Crippen LogP contribution is -2.56. The molecule has 1 aliphatic rings. The van der Waals surface area contributed by atoms with Crippen LogP contribution in [0, 0.1) is 0 Å². The van der Waals surface area contributed by atoms with E-state index in [9.17, 15) is 0 Å². The highest BCUT2D eigenvalue weighted by atomic mass is 16.5. The number of ether oxygens (including phenoxy) is 1.